The van der Waals surface area contributed by atoms with E-state index in [0.29, 0.717) is 0 Å². The molecule has 2 N–H and O–H groups in total. The smallest absolute Gasteiger partial charge is 0.143 e. The van der Waals surface area contributed by atoms with Crippen LogP contribution in [0.25, 0.3) is 0 Å². The Bertz CT molecular complexity index is 1560. The van der Waals surface area contributed by atoms with Gasteiger partial charge in [-0.05, 0) is 90.7 Å². The first-order valence-corrected chi connectivity index (χ1v) is 15.8. The molecule has 6 aromatic rings. The topological polar surface area (TPSA) is 63.5 Å². The number of unbranched alkanes of at least 4 members (excludes halogenated alkanes) is 1. The van der Waals surface area contributed by atoms with Crippen LogP contribution in [0, 0.1) is 0 Å². The molecular formula is C42H41NO3. The van der Waals surface area contributed by atoms with Crippen molar-refractivity contribution in [3.63, 3.8) is 0 Å². The summed E-state index contributed by atoms with van der Waals surface area (Å²) in [6.45, 7) is 5.38. The molecule has 0 heterocycles. The van der Waals surface area contributed by atoms with Crippen LogP contribution in [-0.2, 0) is 5.41 Å². The minimum atomic E-state index is -0.505. The molecule has 0 aliphatic heterocycles. The van der Waals surface area contributed by atoms with E-state index >= 15 is 0 Å². The Morgan fingerprint density at radius 1 is 0.500 bits per heavy atom. The van der Waals surface area contributed by atoms with Gasteiger partial charge in [-0.1, -0.05) is 116 Å². The third-order valence-electron chi connectivity index (χ3n) is 8.76. The molecule has 0 saturated carbocycles. The standard InChI is InChI=1S/C22H24N.C20H18O3/c1-2-3-19-23(20-13-7-4-8-14-20,21-15-9-5-10-16-21)22-17-11-6-12-18-22;1-20(14-2-8-17(21)9-3-14,15-4-10-18(22)11-5-15)16-6-12-19(23)13-7-16/h4-18H,2-3,19H2,1H3;2-13,21-23H,1H3/q+1;/p-1. The highest BCUT2D eigenvalue weighted by atomic mass is 16.3. The van der Waals surface area contributed by atoms with Crippen LogP contribution in [-0.4, -0.2) is 16.8 Å². The largest absolute Gasteiger partial charge is 0.872 e. The highest BCUT2D eigenvalue weighted by molar-refractivity contribution is 5.70. The summed E-state index contributed by atoms with van der Waals surface area (Å²) in [5, 5.41) is 30.6. The lowest BCUT2D eigenvalue weighted by atomic mass is 9.71. The normalized spacial score (nSPS) is 11.3. The molecule has 0 saturated heterocycles. The summed E-state index contributed by atoms with van der Waals surface area (Å²) >= 11 is 0. The average molecular weight is 608 g/mol. The van der Waals surface area contributed by atoms with Gasteiger partial charge in [0.2, 0.25) is 0 Å². The van der Waals surface area contributed by atoms with Crippen LogP contribution < -0.4 is 9.59 Å². The Balaban J connectivity index is 0.000000181. The monoisotopic (exact) mass is 607 g/mol. The van der Waals surface area contributed by atoms with Crippen molar-refractivity contribution in [2.45, 2.75) is 32.1 Å². The number of hydrogen-bond acceptors (Lipinski definition) is 3. The fourth-order valence-electron chi connectivity index (χ4n) is 6.16. The highest BCUT2D eigenvalue weighted by Crippen LogP contribution is 2.44. The van der Waals surface area contributed by atoms with Crippen LogP contribution in [0.3, 0.4) is 0 Å². The predicted octanol–water partition coefficient (Wildman–Crippen LogP) is 9.98. The van der Waals surface area contributed by atoms with E-state index in [2.05, 4.69) is 105 Å². The van der Waals surface area contributed by atoms with Gasteiger partial charge in [-0.3, -0.25) is 0 Å². The SMILES string of the molecule is CC(c1ccc([O-])cc1)(c1ccc(O)cc1)c1ccc(O)cc1.CCCC[N+](c1ccccc1)(c1ccccc1)c1ccccc1. The van der Waals surface area contributed by atoms with E-state index in [1.54, 1.807) is 36.4 Å². The Morgan fingerprint density at radius 3 is 1.15 bits per heavy atom. The van der Waals surface area contributed by atoms with Gasteiger partial charge >= 0.3 is 0 Å². The van der Waals surface area contributed by atoms with Gasteiger partial charge < -0.3 is 15.3 Å². The van der Waals surface area contributed by atoms with Gasteiger partial charge in [-0.25, -0.2) is 4.48 Å². The molecule has 0 aliphatic carbocycles. The second-order valence-corrected chi connectivity index (χ2v) is 11.6. The van der Waals surface area contributed by atoms with Gasteiger partial charge in [0.05, 0.1) is 6.54 Å². The Kier molecular flexibility index (Phi) is 10.2. The molecule has 232 valence electrons. The molecule has 0 radical (unpaired) electrons. The summed E-state index contributed by atoms with van der Waals surface area (Å²) in [6.07, 6.45) is 2.37. The Labute approximate surface area is 272 Å². The van der Waals surface area contributed by atoms with Crippen LogP contribution >= 0.6 is 0 Å². The van der Waals surface area contributed by atoms with E-state index in [4.69, 9.17) is 0 Å². The second kappa shape index (κ2) is 14.6. The first kappa shape index (κ1) is 32.1. The maximum absolute atomic E-state index is 11.4. The molecule has 0 aromatic heterocycles. The molecule has 4 nitrogen and oxygen atoms in total. The van der Waals surface area contributed by atoms with Crippen LogP contribution in [0.5, 0.6) is 17.2 Å². The Morgan fingerprint density at radius 2 is 0.826 bits per heavy atom. The number of phenolic OH excluding ortho intramolecular Hbond substituents is 2. The highest BCUT2D eigenvalue weighted by Gasteiger charge is 2.35. The van der Waals surface area contributed by atoms with Crippen molar-refractivity contribution in [1.82, 2.24) is 4.48 Å². The summed E-state index contributed by atoms with van der Waals surface area (Å²) in [5.74, 6) is 0.376. The third kappa shape index (κ3) is 6.83. The van der Waals surface area contributed by atoms with Crippen molar-refractivity contribution < 1.29 is 15.3 Å². The molecule has 0 unspecified atom stereocenters. The van der Waals surface area contributed by atoms with E-state index < -0.39 is 5.41 Å². The fraction of sp³-hybridized carbons (Fsp3) is 0.143. The van der Waals surface area contributed by atoms with Gasteiger partial charge in [0, 0.05) is 5.41 Å². The number of rotatable bonds is 9. The minimum Gasteiger partial charge on any atom is -0.872 e. The zero-order chi connectivity index (χ0) is 32.4. The van der Waals surface area contributed by atoms with Crippen LogP contribution in [0.4, 0.5) is 17.1 Å². The van der Waals surface area contributed by atoms with Gasteiger partial charge in [-0.15, -0.1) is 5.75 Å². The average Bonchev–Trinajstić information content (AvgIpc) is 3.11. The van der Waals surface area contributed by atoms with Gasteiger partial charge in [0.25, 0.3) is 0 Å². The van der Waals surface area contributed by atoms with Crippen molar-refractivity contribution in [3.8, 4) is 17.2 Å². The van der Waals surface area contributed by atoms with Crippen LogP contribution in [0.15, 0.2) is 164 Å². The molecule has 0 bridgehead atoms. The van der Waals surface area contributed by atoms with Crippen molar-refractivity contribution in [3.05, 3.63) is 180 Å². The zero-order valence-electron chi connectivity index (χ0n) is 26.5. The molecule has 46 heavy (non-hydrogen) atoms. The zero-order valence-corrected chi connectivity index (χ0v) is 26.5. The number of para-hydroxylation sites is 3. The predicted molar refractivity (Wildman–Crippen MR) is 188 cm³/mol. The minimum absolute atomic E-state index is 0.0347. The van der Waals surface area contributed by atoms with E-state index in [0.717, 1.165) is 27.7 Å². The van der Waals surface area contributed by atoms with Crippen molar-refractivity contribution >= 4 is 17.1 Å². The molecule has 0 fully saturated rings. The summed E-state index contributed by atoms with van der Waals surface area (Å²) in [6, 6.07) is 53.4. The number of nitrogens with zero attached hydrogens (tertiary/aromatic N) is 1. The van der Waals surface area contributed by atoms with Gasteiger partial charge in [0.15, 0.2) is 0 Å². The number of phenols is 2. The van der Waals surface area contributed by atoms with Gasteiger partial charge in [0.1, 0.15) is 28.6 Å². The first-order chi connectivity index (χ1) is 22.4. The first-order valence-electron chi connectivity index (χ1n) is 15.8. The Hall–Kier alpha value is -5.32. The van der Waals surface area contributed by atoms with Crippen molar-refractivity contribution in [2.75, 3.05) is 6.54 Å². The summed E-state index contributed by atoms with van der Waals surface area (Å²) < 4.78 is 0.774. The lowest BCUT2D eigenvalue weighted by Gasteiger charge is -2.37. The second-order valence-electron chi connectivity index (χ2n) is 11.6. The van der Waals surface area contributed by atoms with Crippen molar-refractivity contribution in [2.24, 2.45) is 0 Å². The molecule has 0 aliphatic rings. The lowest BCUT2D eigenvalue weighted by Crippen LogP contribution is -2.39. The van der Waals surface area contributed by atoms with E-state index in [-0.39, 0.29) is 17.2 Å². The number of quaternary nitrogens is 1. The van der Waals surface area contributed by atoms with E-state index in [1.165, 1.54) is 29.9 Å². The molecule has 6 aromatic carbocycles. The molecule has 6 rings (SSSR count). The molecule has 4 heteroatoms. The number of benzene rings is 6. The summed E-state index contributed by atoms with van der Waals surface area (Å²) in [5.41, 5.74) is 6.39. The lowest BCUT2D eigenvalue weighted by molar-refractivity contribution is -0.268. The molecule has 0 amide bonds. The maximum Gasteiger partial charge on any atom is 0.143 e. The van der Waals surface area contributed by atoms with E-state index in [1.807, 2.05) is 36.4 Å². The number of aromatic hydroxyl groups is 2. The van der Waals surface area contributed by atoms with Crippen LogP contribution in [0.1, 0.15) is 43.4 Å². The van der Waals surface area contributed by atoms with Crippen LogP contribution in [0.2, 0.25) is 0 Å². The fourth-order valence-corrected chi connectivity index (χ4v) is 6.16. The molecule has 0 spiro atoms. The summed E-state index contributed by atoms with van der Waals surface area (Å²) in [7, 11) is 0. The molecule has 0 atom stereocenters. The number of hydrogen-bond donors (Lipinski definition) is 2. The quantitative estimate of drug-likeness (QED) is 0.127. The summed E-state index contributed by atoms with van der Waals surface area (Å²) in [4.78, 5) is 0. The third-order valence-corrected chi connectivity index (χ3v) is 8.76. The maximum atomic E-state index is 11.4. The van der Waals surface area contributed by atoms with E-state index in [9.17, 15) is 15.3 Å². The molecular weight excluding hydrogens is 566 g/mol. The van der Waals surface area contributed by atoms with Gasteiger partial charge in [-0.2, -0.15) is 0 Å². The van der Waals surface area contributed by atoms with Crippen molar-refractivity contribution in [1.29, 1.82) is 0 Å².